The number of nitrogens with zero attached hydrogens (tertiary/aromatic N) is 2. The number of halogens is 2. The second-order valence-electron chi connectivity index (χ2n) is 6.02. The third-order valence-electron chi connectivity index (χ3n) is 4.02. The van der Waals surface area contributed by atoms with Crippen molar-refractivity contribution in [3.63, 3.8) is 0 Å². The van der Waals surface area contributed by atoms with Gasteiger partial charge in [0.15, 0.2) is 0 Å². The molecule has 6 nitrogen and oxygen atoms in total. The van der Waals surface area contributed by atoms with Gasteiger partial charge in [-0.2, -0.15) is 0 Å². The van der Waals surface area contributed by atoms with Crippen LogP contribution in [0, 0.1) is 12.7 Å². The predicted octanol–water partition coefficient (Wildman–Crippen LogP) is 3.49. The Kier molecular flexibility index (Phi) is 7.27. The second-order valence-corrected chi connectivity index (χ2v) is 6.02. The molecule has 0 spiro atoms. The largest absolute Gasteiger partial charge is 0.351 e. The van der Waals surface area contributed by atoms with E-state index < -0.39 is 0 Å². The summed E-state index contributed by atoms with van der Waals surface area (Å²) in [6.07, 6.45) is 1.04. The van der Waals surface area contributed by atoms with Gasteiger partial charge >= 0.3 is 0 Å². The zero-order chi connectivity index (χ0) is 18.5. The Bertz CT molecular complexity index is 912. The monoisotopic (exact) mass is 392 g/mol. The molecule has 2 heterocycles. The summed E-state index contributed by atoms with van der Waals surface area (Å²) in [5.74, 6) is -0.548. The topological polar surface area (TPSA) is 80.0 Å². The van der Waals surface area contributed by atoms with Crippen molar-refractivity contribution < 1.29 is 13.7 Å². The van der Waals surface area contributed by atoms with Crippen LogP contribution < -0.4 is 10.6 Å². The van der Waals surface area contributed by atoms with Crippen molar-refractivity contribution >= 4 is 29.4 Å². The van der Waals surface area contributed by atoms with E-state index in [-0.39, 0.29) is 24.1 Å². The Labute approximate surface area is 162 Å². The smallest absolute Gasteiger partial charge is 0.259 e. The summed E-state index contributed by atoms with van der Waals surface area (Å²) in [4.78, 5) is 17.1. The molecular formula is C19H22ClFN4O2. The first-order valence-electron chi connectivity index (χ1n) is 8.62. The minimum absolute atomic E-state index is 0. The van der Waals surface area contributed by atoms with E-state index in [1.54, 1.807) is 25.1 Å². The third-order valence-corrected chi connectivity index (χ3v) is 4.02. The highest BCUT2D eigenvalue weighted by atomic mass is 35.5. The number of aryl methyl sites for hydroxylation is 1. The Balaban J connectivity index is 0.00000261. The molecule has 8 heteroatoms. The van der Waals surface area contributed by atoms with Gasteiger partial charge in [0.1, 0.15) is 5.82 Å². The number of rotatable bonds is 7. The molecule has 2 N–H and O–H groups in total. The van der Waals surface area contributed by atoms with Crippen LogP contribution >= 0.6 is 12.4 Å². The lowest BCUT2D eigenvalue weighted by Gasteiger charge is -2.09. The molecule has 0 saturated carbocycles. The van der Waals surface area contributed by atoms with Gasteiger partial charge in [-0.05, 0) is 50.2 Å². The van der Waals surface area contributed by atoms with Crippen LogP contribution in [-0.2, 0) is 0 Å². The van der Waals surface area contributed by atoms with Crippen LogP contribution in [0.25, 0.3) is 22.4 Å². The number of nitrogens with one attached hydrogen (secondary N) is 2. The first kappa shape index (κ1) is 20.8. The number of hydrogen-bond acceptors (Lipinski definition) is 5. The van der Waals surface area contributed by atoms with E-state index in [1.807, 2.05) is 0 Å². The number of fused-ring (bicyclic) bond motifs is 1. The molecular weight excluding hydrogens is 371 g/mol. The third kappa shape index (κ3) is 4.81. The Morgan fingerprint density at radius 1 is 1.19 bits per heavy atom. The molecule has 27 heavy (non-hydrogen) atoms. The number of benzene rings is 1. The first-order chi connectivity index (χ1) is 12.6. The van der Waals surface area contributed by atoms with Crippen molar-refractivity contribution in [1.82, 2.24) is 20.8 Å². The highest BCUT2D eigenvalue weighted by Crippen LogP contribution is 2.27. The second kappa shape index (κ2) is 9.43. The summed E-state index contributed by atoms with van der Waals surface area (Å²) in [6, 6.07) is 7.62. The average molecular weight is 393 g/mol. The number of aromatic nitrogens is 2. The molecule has 0 fully saturated rings. The lowest BCUT2D eigenvalue weighted by atomic mass is 10.1. The van der Waals surface area contributed by atoms with E-state index in [0.717, 1.165) is 13.0 Å². The standard InChI is InChI=1S/C19H21FN4O2.ClH/c1-3-8-21-9-10-22-18(25)15-11-16(13-4-6-14(20)7-5-13)23-19-17(15)12(2)24-26-19;/h4-7,11,21H,3,8-10H2,1-2H3,(H,22,25);1H. The van der Waals surface area contributed by atoms with Crippen molar-refractivity contribution in [2.45, 2.75) is 20.3 Å². The van der Waals surface area contributed by atoms with E-state index >= 15 is 0 Å². The average Bonchev–Trinajstić information content (AvgIpc) is 3.02. The van der Waals surface area contributed by atoms with Crippen molar-refractivity contribution in [3.8, 4) is 11.3 Å². The van der Waals surface area contributed by atoms with E-state index in [9.17, 15) is 9.18 Å². The zero-order valence-electron chi connectivity index (χ0n) is 15.2. The van der Waals surface area contributed by atoms with Crippen molar-refractivity contribution in [3.05, 3.63) is 47.4 Å². The number of carbonyl (C=O) groups is 1. The van der Waals surface area contributed by atoms with Gasteiger partial charge in [0, 0.05) is 18.7 Å². The Hall–Kier alpha value is -2.51. The molecule has 0 bridgehead atoms. The molecule has 0 aliphatic carbocycles. The van der Waals surface area contributed by atoms with Gasteiger partial charge in [0.2, 0.25) is 0 Å². The summed E-state index contributed by atoms with van der Waals surface area (Å²) >= 11 is 0. The maximum Gasteiger partial charge on any atom is 0.259 e. The van der Waals surface area contributed by atoms with Gasteiger partial charge in [-0.25, -0.2) is 9.37 Å². The fourth-order valence-electron chi connectivity index (χ4n) is 2.70. The fourth-order valence-corrected chi connectivity index (χ4v) is 2.70. The fraction of sp³-hybridized carbons (Fsp3) is 0.316. The van der Waals surface area contributed by atoms with Crippen LogP contribution in [0.1, 0.15) is 29.4 Å². The molecule has 144 valence electrons. The van der Waals surface area contributed by atoms with E-state index in [2.05, 4.69) is 27.7 Å². The molecule has 2 aromatic heterocycles. The number of pyridine rings is 1. The molecule has 0 unspecified atom stereocenters. The molecule has 0 saturated heterocycles. The van der Waals surface area contributed by atoms with Crippen LogP contribution in [0.15, 0.2) is 34.9 Å². The number of hydrogen-bond donors (Lipinski definition) is 2. The van der Waals surface area contributed by atoms with Crippen LogP contribution in [0.3, 0.4) is 0 Å². The van der Waals surface area contributed by atoms with Gasteiger partial charge in [0.25, 0.3) is 11.6 Å². The highest BCUT2D eigenvalue weighted by molar-refractivity contribution is 6.07. The molecule has 3 aromatic rings. The van der Waals surface area contributed by atoms with Crippen molar-refractivity contribution in [2.24, 2.45) is 0 Å². The van der Waals surface area contributed by atoms with Gasteiger partial charge in [-0.15, -0.1) is 12.4 Å². The van der Waals surface area contributed by atoms with Crippen molar-refractivity contribution in [2.75, 3.05) is 19.6 Å². The predicted molar refractivity (Wildman–Crippen MR) is 105 cm³/mol. The number of amides is 1. The Morgan fingerprint density at radius 2 is 1.93 bits per heavy atom. The van der Waals surface area contributed by atoms with Gasteiger partial charge in [-0.3, -0.25) is 4.79 Å². The summed E-state index contributed by atoms with van der Waals surface area (Å²) in [5, 5.41) is 10.6. The summed E-state index contributed by atoms with van der Waals surface area (Å²) in [5.41, 5.74) is 2.57. The Morgan fingerprint density at radius 3 is 2.63 bits per heavy atom. The van der Waals surface area contributed by atoms with Crippen LogP contribution in [0.2, 0.25) is 0 Å². The van der Waals surface area contributed by atoms with Crippen LogP contribution in [-0.4, -0.2) is 35.7 Å². The van der Waals surface area contributed by atoms with Crippen molar-refractivity contribution in [1.29, 1.82) is 0 Å². The van der Waals surface area contributed by atoms with Crippen LogP contribution in [0.4, 0.5) is 4.39 Å². The maximum atomic E-state index is 13.2. The summed E-state index contributed by atoms with van der Waals surface area (Å²) in [6.45, 7) is 5.98. The van der Waals surface area contributed by atoms with E-state index in [1.165, 1.54) is 12.1 Å². The molecule has 1 aromatic carbocycles. The maximum absolute atomic E-state index is 13.2. The molecule has 3 rings (SSSR count). The minimum atomic E-state index is -0.331. The minimum Gasteiger partial charge on any atom is -0.351 e. The molecule has 0 aliphatic rings. The van der Waals surface area contributed by atoms with Crippen LogP contribution in [0.5, 0.6) is 0 Å². The quantitative estimate of drug-likeness (QED) is 0.601. The summed E-state index contributed by atoms with van der Waals surface area (Å²) < 4.78 is 18.4. The molecule has 0 radical (unpaired) electrons. The summed E-state index contributed by atoms with van der Waals surface area (Å²) in [7, 11) is 0. The zero-order valence-corrected chi connectivity index (χ0v) is 16.0. The normalized spacial score (nSPS) is 10.6. The van der Waals surface area contributed by atoms with E-state index in [4.69, 9.17) is 4.52 Å². The highest BCUT2D eigenvalue weighted by Gasteiger charge is 2.19. The first-order valence-corrected chi connectivity index (χ1v) is 8.62. The number of carbonyl (C=O) groups excluding carboxylic acids is 1. The SMILES string of the molecule is CCCNCCNC(=O)c1cc(-c2ccc(F)cc2)nc2onc(C)c12.Cl. The van der Waals surface area contributed by atoms with Gasteiger partial charge < -0.3 is 15.2 Å². The van der Waals surface area contributed by atoms with Gasteiger partial charge in [0.05, 0.1) is 22.3 Å². The molecule has 1 amide bonds. The lowest BCUT2D eigenvalue weighted by molar-refractivity contribution is 0.0955. The van der Waals surface area contributed by atoms with Gasteiger partial charge in [-0.1, -0.05) is 12.1 Å². The lowest BCUT2D eigenvalue weighted by Crippen LogP contribution is -2.32. The van der Waals surface area contributed by atoms with E-state index in [0.29, 0.717) is 46.7 Å². The molecule has 0 aliphatic heterocycles. The molecule has 0 atom stereocenters.